The van der Waals surface area contributed by atoms with E-state index in [1.54, 1.807) is 0 Å². The van der Waals surface area contributed by atoms with Crippen LogP contribution < -0.4 is 5.32 Å². The van der Waals surface area contributed by atoms with Gasteiger partial charge < -0.3 is 5.32 Å². The third-order valence-electron chi connectivity index (χ3n) is 1.67. The molecule has 0 unspecified atom stereocenters. The second-order valence-corrected chi connectivity index (χ2v) is 6.20. The molecule has 94 valence electrons. The van der Waals surface area contributed by atoms with Crippen molar-refractivity contribution in [2.24, 2.45) is 0 Å². The Morgan fingerprint density at radius 1 is 1.53 bits per heavy atom. The maximum Gasteiger partial charge on any atom is 0.319 e. The monoisotopic (exact) mass is 256 g/mol. The Kier molecular flexibility index (Phi) is 4.28. The lowest BCUT2D eigenvalue weighted by Crippen LogP contribution is -2.10. The number of hydrogen-bond acceptors (Lipinski definition) is 6. The van der Waals surface area contributed by atoms with E-state index < -0.39 is 4.92 Å². The highest BCUT2D eigenvalue weighted by atomic mass is 32.2. The van der Waals surface area contributed by atoms with Crippen LogP contribution in [0.2, 0.25) is 0 Å². The molecular formula is C10H16N4O2S. The van der Waals surface area contributed by atoms with Gasteiger partial charge in [-0.05, 0) is 6.92 Å². The molecule has 7 heteroatoms. The summed E-state index contributed by atoms with van der Waals surface area (Å²) >= 11 is 1.36. The molecule has 0 spiro atoms. The van der Waals surface area contributed by atoms with Crippen molar-refractivity contribution < 1.29 is 4.92 Å². The van der Waals surface area contributed by atoms with Crippen LogP contribution in [0, 0.1) is 10.1 Å². The van der Waals surface area contributed by atoms with E-state index >= 15 is 0 Å². The highest BCUT2D eigenvalue weighted by Crippen LogP contribution is 2.36. The van der Waals surface area contributed by atoms with Gasteiger partial charge in [-0.15, -0.1) is 0 Å². The van der Waals surface area contributed by atoms with Gasteiger partial charge in [0.25, 0.3) is 0 Å². The van der Waals surface area contributed by atoms with Crippen molar-refractivity contribution in [1.82, 2.24) is 9.97 Å². The van der Waals surface area contributed by atoms with Crippen LogP contribution in [0.4, 0.5) is 11.6 Å². The molecular weight excluding hydrogens is 240 g/mol. The predicted molar refractivity (Wildman–Crippen MR) is 68.5 cm³/mol. The van der Waals surface area contributed by atoms with Gasteiger partial charge in [0.15, 0.2) is 5.03 Å². The van der Waals surface area contributed by atoms with E-state index in [1.165, 1.54) is 18.0 Å². The Balaban J connectivity index is 3.11. The number of rotatable bonds is 4. The summed E-state index contributed by atoms with van der Waals surface area (Å²) in [5.74, 6) is 0.421. The summed E-state index contributed by atoms with van der Waals surface area (Å²) in [5.41, 5.74) is -0.0495. The van der Waals surface area contributed by atoms with Gasteiger partial charge in [0.2, 0.25) is 5.95 Å². The van der Waals surface area contributed by atoms with Gasteiger partial charge in [0.05, 0.1) is 4.92 Å². The SMILES string of the molecule is CCNc1ncc([N+](=O)[O-])c(SC(C)(C)C)n1. The number of nitrogens with one attached hydrogen (secondary N) is 1. The van der Waals surface area contributed by atoms with Gasteiger partial charge >= 0.3 is 5.69 Å². The number of aromatic nitrogens is 2. The van der Waals surface area contributed by atoms with Crippen LogP contribution in [0.5, 0.6) is 0 Å². The maximum absolute atomic E-state index is 10.9. The molecule has 0 aliphatic rings. The van der Waals surface area contributed by atoms with E-state index in [-0.39, 0.29) is 10.4 Å². The van der Waals surface area contributed by atoms with E-state index in [2.05, 4.69) is 15.3 Å². The Bertz CT molecular complexity index is 417. The van der Waals surface area contributed by atoms with E-state index in [9.17, 15) is 10.1 Å². The van der Waals surface area contributed by atoms with Crippen molar-refractivity contribution in [3.63, 3.8) is 0 Å². The second kappa shape index (κ2) is 5.31. The largest absolute Gasteiger partial charge is 0.354 e. The van der Waals surface area contributed by atoms with Gasteiger partial charge in [0, 0.05) is 11.3 Å². The van der Waals surface area contributed by atoms with Gasteiger partial charge in [-0.3, -0.25) is 10.1 Å². The van der Waals surface area contributed by atoms with E-state index in [0.29, 0.717) is 17.5 Å². The van der Waals surface area contributed by atoms with Crippen LogP contribution in [0.1, 0.15) is 27.7 Å². The Hall–Kier alpha value is -1.37. The van der Waals surface area contributed by atoms with Crippen molar-refractivity contribution in [3.8, 4) is 0 Å². The molecule has 1 rings (SSSR count). The van der Waals surface area contributed by atoms with Crippen molar-refractivity contribution in [1.29, 1.82) is 0 Å². The summed E-state index contributed by atoms with van der Waals surface area (Å²) in [4.78, 5) is 18.5. The number of nitrogens with zero attached hydrogens (tertiary/aromatic N) is 3. The van der Waals surface area contributed by atoms with E-state index in [4.69, 9.17) is 0 Å². The molecule has 0 bridgehead atoms. The average Bonchev–Trinajstić information content (AvgIpc) is 2.15. The third-order valence-corrected chi connectivity index (χ3v) is 2.78. The lowest BCUT2D eigenvalue weighted by molar-refractivity contribution is -0.388. The molecule has 0 saturated carbocycles. The molecule has 0 fully saturated rings. The van der Waals surface area contributed by atoms with Crippen LogP contribution in [0.3, 0.4) is 0 Å². The first kappa shape index (κ1) is 13.7. The fourth-order valence-corrected chi connectivity index (χ4v) is 2.04. The fraction of sp³-hybridized carbons (Fsp3) is 0.600. The standard InChI is InChI=1S/C10H16N4O2S/c1-5-11-9-12-6-7(14(15)16)8(13-9)17-10(2,3)4/h6H,5H2,1-4H3,(H,11,12,13). The normalized spacial score (nSPS) is 11.3. The van der Waals surface area contributed by atoms with Crippen LogP contribution in [-0.4, -0.2) is 26.2 Å². The maximum atomic E-state index is 10.9. The number of nitro groups is 1. The summed E-state index contributed by atoms with van der Waals surface area (Å²) < 4.78 is -0.136. The van der Waals surface area contributed by atoms with E-state index in [0.717, 1.165) is 0 Å². The van der Waals surface area contributed by atoms with Gasteiger partial charge in [0.1, 0.15) is 6.20 Å². The molecule has 0 radical (unpaired) electrons. The predicted octanol–water partition coefficient (Wildman–Crippen LogP) is 2.71. The highest BCUT2D eigenvalue weighted by Gasteiger charge is 2.23. The lowest BCUT2D eigenvalue weighted by Gasteiger charge is -2.16. The van der Waals surface area contributed by atoms with Crippen LogP contribution in [0.25, 0.3) is 0 Å². The smallest absolute Gasteiger partial charge is 0.319 e. The number of thioether (sulfide) groups is 1. The van der Waals surface area contributed by atoms with Gasteiger partial charge in [-0.1, -0.05) is 32.5 Å². The lowest BCUT2D eigenvalue weighted by atomic mass is 10.3. The summed E-state index contributed by atoms with van der Waals surface area (Å²) in [6, 6.07) is 0. The zero-order valence-corrected chi connectivity index (χ0v) is 11.2. The Morgan fingerprint density at radius 3 is 2.65 bits per heavy atom. The molecule has 0 amide bonds. The summed E-state index contributed by atoms with van der Waals surface area (Å²) in [5, 5.41) is 14.2. The zero-order valence-electron chi connectivity index (χ0n) is 10.4. The minimum Gasteiger partial charge on any atom is -0.354 e. The third kappa shape index (κ3) is 4.18. The van der Waals surface area contributed by atoms with Crippen LogP contribution >= 0.6 is 11.8 Å². The van der Waals surface area contributed by atoms with Crippen molar-refractivity contribution in [3.05, 3.63) is 16.3 Å². The Morgan fingerprint density at radius 2 is 2.18 bits per heavy atom. The van der Waals surface area contributed by atoms with Crippen molar-refractivity contribution in [2.45, 2.75) is 37.5 Å². The minimum atomic E-state index is -0.455. The topological polar surface area (TPSA) is 81.0 Å². The molecule has 1 heterocycles. The highest BCUT2D eigenvalue weighted by molar-refractivity contribution is 8.00. The molecule has 1 N–H and O–H groups in total. The second-order valence-electron chi connectivity index (χ2n) is 4.39. The molecule has 0 aliphatic carbocycles. The first-order chi connectivity index (χ1) is 7.83. The van der Waals surface area contributed by atoms with Crippen molar-refractivity contribution >= 4 is 23.4 Å². The first-order valence-electron chi connectivity index (χ1n) is 5.28. The molecule has 17 heavy (non-hydrogen) atoms. The molecule has 6 nitrogen and oxygen atoms in total. The molecule has 0 atom stereocenters. The van der Waals surface area contributed by atoms with Crippen LogP contribution in [-0.2, 0) is 0 Å². The number of anilines is 1. The van der Waals surface area contributed by atoms with Gasteiger partial charge in [-0.2, -0.15) is 4.98 Å². The average molecular weight is 256 g/mol. The molecule has 1 aromatic rings. The molecule has 0 saturated heterocycles. The summed E-state index contributed by atoms with van der Waals surface area (Å²) in [6.07, 6.45) is 1.25. The molecule has 0 aliphatic heterocycles. The minimum absolute atomic E-state index is 0.0495. The summed E-state index contributed by atoms with van der Waals surface area (Å²) in [6.45, 7) is 8.54. The first-order valence-corrected chi connectivity index (χ1v) is 6.09. The van der Waals surface area contributed by atoms with Crippen molar-refractivity contribution in [2.75, 3.05) is 11.9 Å². The summed E-state index contributed by atoms with van der Waals surface area (Å²) in [7, 11) is 0. The Labute approximate surface area is 104 Å². The van der Waals surface area contributed by atoms with Crippen LogP contribution in [0.15, 0.2) is 11.2 Å². The fourth-order valence-electron chi connectivity index (χ4n) is 1.09. The van der Waals surface area contributed by atoms with Gasteiger partial charge in [-0.25, -0.2) is 4.98 Å². The quantitative estimate of drug-likeness (QED) is 0.386. The van der Waals surface area contributed by atoms with E-state index in [1.807, 2.05) is 27.7 Å². The number of hydrogen-bond donors (Lipinski definition) is 1. The molecule has 1 aromatic heterocycles. The molecule has 0 aromatic carbocycles. The zero-order chi connectivity index (χ0) is 13.1.